The zero-order chi connectivity index (χ0) is 13.9. The van der Waals surface area contributed by atoms with Crippen molar-refractivity contribution in [3.63, 3.8) is 0 Å². The molecule has 1 fully saturated rings. The highest BCUT2D eigenvalue weighted by atomic mass is 16.5. The fourth-order valence-electron chi connectivity index (χ4n) is 2.43. The predicted molar refractivity (Wildman–Crippen MR) is 72.2 cm³/mol. The molecule has 1 saturated heterocycles. The number of pyridine rings is 1. The molecule has 1 aliphatic heterocycles. The Morgan fingerprint density at radius 2 is 2.11 bits per heavy atom. The average Bonchev–Trinajstić information content (AvgIpc) is 2.47. The largest absolute Gasteiger partial charge is 0.495 e. The van der Waals surface area contributed by atoms with E-state index in [1.165, 1.54) is 0 Å². The Kier molecular flexibility index (Phi) is 4.39. The maximum absolute atomic E-state index is 10.7. The number of morpholine rings is 1. The van der Waals surface area contributed by atoms with Crippen LogP contribution in [0.15, 0.2) is 18.3 Å². The molecule has 1 aliphatic rings. The van der Waals surface area contributed by atoms with Gasteiger partial charge in [0.2, 0.25) is 0 Å². The van der Waals surface area contributed by atoms with Gasteiger partial charge in [0, 0.05) is 24.8 Å². The van der Waals surface area contributed by atoms with Crippen molar-refractivity contribution in [1.82, 2.24) is 9.88 Å². The Labute approximate surface area is 114 Å². The van der Waals surface area contributed by atoms with Gasteiger partial charge in [-0.2, -0.15) is 0 Å². The number of nitrogens with zero attached hydrogens (tertiary/aromatic N) is 2. The highest BCUT2D eigenvalue weighted by Gasteiger charge is 2.38. The van der Waals surface area contributed by atoms with Crippen molar-refractivity contribution < 1.29 is 14.6 Å². The SMILES string of the molecule is COc1cccnc1C(O)C(C)(C)N1CCOCC1. The third-order valence-electron chi connectivity index (χ3n) is 3.77. The Bertz CT molecular complexity index is 417. The van der Waals surface area contributed by atoms with Gasteiger partial charge in [0.25, 0.3) is 0 Å². The van der Waals surface area contributed by atoms with Crippen molar-refractivity contribution in [3.8, 4) is 5.75 Å². The summed E-state index contributed by atoms with van der Waals surface area (Å²) in [7, 11) is 1.59. The first-order valence-electron chi connectivity index (χ1n) is 6.57. The smallest absolute Gasteiger partial charge is 0.143 e. The van der Waals surface area contributed by atoms with Crippen LogP contribution in [0, 0.1) is 0 Å². The van der Waals surface area contributed by atoms with Crippen LogP contribution in [0.25, 0.3) is 0 Å². The Morgan fingerprint density at radius 3 is 2.74 bits per heavy atom. The van der Waals surface area contributed by atoms with Crippen LogP contribution in [-0.4, -0.2) is 53.9 Å². The zero-order valence-electron chi connectivity index (χ0n) is 11.8. The van der Waals surface area contributed by atoms with Gasteiger partial charge in [-0.25, -0.2) is 0 Å². The number of aliphatic hydroxyl groups excluding tert-OH is 1. The van der Waals surface area contributed by atoms with Gasteiger partial charge in [-0.15, -0.1) is 0 Å². The van der Waals surface area contributed by atoms with Crippen LogP contribution in [0.3, 0.4) is 0 Å². The molecule has 1 aromatic rings. The summed E-state index contributed by atoms with van der Waals surface area (Å²) in [6.07, 6.45) is 0.970. The number of ether oxygens (including phenoxy) is 2. The maximum Gasteiger partial charge on any atom is 0.143 e. The minimum absolute atomic E-state index is 0.411. The third-order valence-corrected chi connectivity index (χ3v) is 3.77. The lowest BCUT2D eigenvalue weighted by Gasteiger charge is -2.43. The van der Waals surface area contributed by atoms with Gasteiger partial charge < -0.3 is 14.6 Å². The van der Waals surface area contributed by atoms with Gasteiger partial charge in [-0.1, -0.05) is 0 Å². The minimum Gasteiger partial charge on any atom is -0.495 e. The van der Waals surface area contributed by atoms with Gasteiger partial charge in [0.05, 0.1) is 20.3 Å². The van der Waals surface area contributed by atoms with Crippen molar-refractivity contribution in [1.29, 1.82) is 0 Å². The molecule has 106 valence electrons. The highest BCUT2D eigenvalue weighted by Crippen LogP contribution is 2.34. The standard InChI is InChI=1S/C14H22N2O3/c1-14(2,16-7-9-19-10-8-16)13(17)12-11(18-3)5-4-6-15-12/h4-6,13,17H,7-10H2,1-3H3. The van der Waals surface area contributed by atoms with E-state index < -0.39 is 11.6 Å². The van der Waals surface area contributed by atoms with E-state index in [4.69, 9.17) is 9.47 Å². The van der Waals surface area contributed by atoms with Gasteiger partial charge in [-0.3, -0.25) is 9.88 Å². The second kappa shape index (κ2) is 5.86. The van der Waals surface area contributed by atoms with E-state index in [2.05, 4.69) is 9.88 Å². The van der Waals surface area contributed by atoms with E-state index in [0.29, 0.717) is 24.7 Å². The number of methoxy groups -OCH3 is 1. The van der Waals surface area contributed by atoms with Crippen molar-refractivity contribution in [3.05, 3.63) is 24.0 Å². The summed E-state index contributed by atoms with van der Waals surface area (Å²) < 4.78 is 10.6. The van der Waals surface area contributed by atoms with Crippen LogP contribution in [-0.2, 0) is 4.74 Å². The molecule has 1 atom stereocenters. The van der Waals surface area contributed by atoms with Crippen LogP contribution in [0.2, 0.25) is 0 Å². The molecule has 2 rings (SSSR count). The molecule has 0 saturated carbocycles. The Balaban J connectivity index is 2.23. The first-order valence-corrected chi connectivity index (χ1v) is 6.57. The lowest BCUT2D eigenvalue weighted by Crippen LogP contribution is -2.53. The van der Waals surface area contributed by atoms with E-state index in [1.54, 1.807) is 19.4 Å². The molecule has 1 N–H and O–H groups in total. The zero-order valence-corrected chi connectivity index (χ0v) is 11.8. The summed E-state index contributed by atoms with van der Waals surface area (Å²) in [6, 6.07) is 3.62. The molecule has 5 nitrogen and oxygen atoms in total. The van der Waals surface area contributed by atoms with Crippen molar-refractivity contribution >= 4 is 0 Å². The second-order valence-electron chi connectivity index (χ2n) is 5.25. The number of hydrogen-bond acceptors (Lipinski definition) is 5. The molecular weight excluding hydrogens is 244 g/mol. The fraction of sp³-hybridized carbons (Fsp3) is 0.643. The van der Waals surface area contributed by atoms with E-state index in [1.807, 2.05) is 19.9 Å². The summed E-state index contributed by atoms with van der Waals surface area (Å²) in [5, 5.41) is 10.7. The highest BCUT2D eigenvalue weighted by molar-refractivity contribution is 5.30. The molecule has 1 aromatic heterocycles. The monoisotopic (exact) mass is 266 g/mol. The summed E-state index contributed by atoms with van der Waals surface area (Å²) >= 11 is 0. The number of hydrogen-bond donors (Lipinski definition) is 1. The maximum atomic E-state index is 10.7. The molecule has 0 aromatic carbocycles. The normalized spacial score (nSPS) is 19.2. The van der Waals surface area contributed by atoms with Crippen molar-refractivity contribution in [2.24, 2.45) is 0 Å². The predicted octanol–water partition coefficient (Wildman–Crippen LogP) is 1.23. The van der Waals surface area contributed by atoms with Crippen LogP contribution in [0.1, 0.15) is 25.6 Å². The number of rotatable bonds is 4. The summed E-state index contributed by atoms with van der Waals surface area (Å²) in [6.45, 7) is 7.09. The van der Waals surface area contributed by atoms with E-state index >= 15 is 0 Å². The topological polar surface area (TPSA) is 54.8 Å². The molecule has 2 heterocycles. The van der Waals surface area contributed by atoms with Gasteiger partial charge in [0.1, 0.15) is 17.5 Å². The number of aromatic nitrogens is 1. The van der Waals surface area contributed by atoms with Gasteiger partial charge >= 0.3 is 0 Å². The van der Waals surface area contributed by atoms with Crippen molar-refractivity contribution in [2.45, 2.75) is 25.5 Å². The van der Waals surface area contributed by atoms with Crippen LogP contribution < -0.4 is 4.74 Å². The summed E-state index contributed by atoms with van der Waals surface area (Å²) in [4.78, 5) is 6.51. The molecule has 0 amide bonds. The van der Waals surface area contributed by atoms with Gasteiger partial charge in [0.15, 0.2) is 0 Å². The lowest BCUT2D eigenvalue weighted by molar-refractivity contribution is -0.0648. The molecule has 0 radical (unpaired) electrons. The minimum atomic E-state index is -0.707. The van der Waals surface area contributed by atoms with E-state index in [0.717, 1.165) is 13.1 Å². The molecule has 19 heavy (non-hydrogen) atoms. The lowest BCUT2D eigenvalue weighted by atomic mass is 9.91. The second-order valence-corrected chi connectivity index (χ2v) is 5.25. The molecule has 0 aliphatic carbocycles. The summed E-state index contributed by atoms with van der Waals surface area (Å²) in [5.74, 6) is 0.622. The molecule has 1 unspecified atom stereocenters. The average molecular weight is 266 g/mol. The summed E-state index contributed by atoms with van der Waals surface area (Å²) in [5.41, 5.74) is 0.173. The van der Waals surface area contributed by atoms with Gasteiger partial charge in [-0.05, 0) is 26.0 Å². The van der Waals surface area contributed by atoms with Crippen LogP contribution in [0.4, 0.5) is 0 Å². The molecular formula is C14H22N2O3. The first-order chi connectivity index (χ1) is 9.07. The molecule has 0 bridgehead atoms. The molecule has 5 heteroatoms. The van der Waals surface area contributed by atoms with E-state index in [9.17, 15) is 5.11 Å². The van der Waals surface area contributed by atoms with E-state index in [-0.39, 0.29) is 0 Å². The Hall–Kier alpha value is -1.17. The van der Waals surface area contributed by atoms with Crippen molar-refractivity contribution in [2.75, 3.05) is 33.4 Å². The van der Waals surface area contributed by atoms with Crippen LogP contribution >= 0.6 is 0 Å². The van der Waals surface area contributed by atoms with Crippen LogP contribution in [0.5, 0.6) is 5.75 Å². The third kappa shape index (κ3) is 2.88. The Morgan fingerprint density at radius 1 is 1.42 bits per heavy atom. The fourth-order valence-corrected chi connectivity index (χ4v) is 2.43. The molecule has 0 spiro atoms. The number of aliphatic hydroxyl groups is 1. The quantitative estimate of drug-likeness (QED) is 0.888. The first kappa shape index (κ1) is 14.2.